The molecule has 0 spiro atoms. The molecule has 0 aromatic carbocycles. The first-order chi connectivity index (χ1) is 6.24. The van der Waals surface area contributed by atoms with Crippen molar-refractivity contribution >= 4 is 0 Å². The van der Waals surface area contributed by atoms with E-state index in [9.17, 15) is 0 Å². The van der Waals surface area contributed by atoms with Gasteiger partial charge in [0.25, 0.3) is 0 Å². The van der Waals surface area contributed by atoms with Gasteiger partial charge in [-0.25, -0.2) is 0 Å². The van der Waals surface area contributed by atoms with E-state index in [1.165, 1.54) is 0 Å². The Morgan fingerprint density at radius 1 is 1.23 bits per heavy atom. The zero-order valence-corrected chi connectivity index (χ0v) is 9.14. The van der Waals surface area contributed by atoms with Crippen molar-refractivity contribution in [2.24, 2.45) is 5.41 Å². The van der Waals surface area contributed by atoms with E-state index < -0.39 is 0 Å². The number of ether oxygens (including phenoxy) is 2. The third-order valence-electron chi connectivity index (χ3n) is 2.26. The summed E-state index contributed by atoms with van der Waals surface area (Å²) in [5, 5.41) is 0. The Balaban J connectivity index is 4.27. The van der Waals surface area contributed by atoms with Gasteiger partial charge in [0.05, 0.1) is 13.2 Å². The molecule has 0 aliphatic heterocycles. The van der Waals surface area contributed by atoms with Gasteiger partial charge in [-0.2, -0.15) is 0 Å². The van der Waals surface area contributed by atoms with Crippen LogP contribution in [-0.4, -0.2) is 27.4 Å². The minimum Gasteiger partial charge on any atom is -0.384 e. The predicted molar refractivity (Wildman–Crippen MR) is 55.9 cm³/mol. The first-order valence-electron chi connectivity index (χ1n) is 4.83. The largest absolute Gasteiger partial charge is 0.384 e. The van der Waals surface area contributed by atoms with Crippen molar-refractivity contribution < 1.29 is 9.47 Å². The maximum absolute atomic E-state index is 5.24. The van der Waals surface area contributed by atoms with E-state index in [0.29, 0.717) is 0 Å². The van der Waals surface area contributed by atoms with Gasteiger partial charge in [-0.3, -0.25) is 0 Å². The summed E-state index contributed by atoms with van der Waals surface area (Å²) in [6, 6.07) is 0. The molecule has 0 aliphatic carbocycles. The third kappa shape index (κ3) is 4.44. The molecule has 0 amide bonds. The monoisotopic (exact) mass is 186 g/mol. The number of hydrogen-bond donors (Lipinski definition) is 0. The second kappa shape index (κ2) is 7.10. The Morgan fingerprint density at radius 3 is 2.08 bits per heavy atom. The minimum absolute atomic E-state index is 0.139. The average Bonchev–Trinajstić information content (AvgIpc) is 2.06. The highest BCUT2D eigenvalue weighted by atomic mass is 16.5. The van der Waals surface area contributed by atoms with Crippen LogP contribution in [0.15, 0.2) is 12.7 Å². The molecule has 0 rings (SSSR count). The topological polar surface area (TPSA) is 18.5 Å². The molecule has 0 saturated heterocycles. The molecule has 13 heavy (non-hydrogen) atoms. The van der Waals surface area contributed by atoms with Crippen LogP contribution in [0, 0.1) is 5.41 Å². The quantitative estimate of drug-likeness (QED) is 0.542. The molecular formula is C11H22O2. The van der Waals surface area contributed by atoms with Gasteiger partial charge >= 0.3 is 0 Å². The maximum atomic E-state index is 5.24. The van der Waals surface area contributed by atoms with E-state index in [1.807, 2.05) is 6.08 Å². The molecule has 0 N–H and O–H groups in total. The highest BCUT2D eigenvalue weighted by molar-refractivity contribution is 4.86. The highest BCUT2D eigenvalue weighted by Gasteiger charge is 2.27. The predicted octanol–water partition coefficient (Wildman–Crippen LogP) is 2.64. The van der Waals surface area contributed by atoms with Gasteiger partial charge < -0.3 is 9.47 Å². The van der Waals surface area contributed by atoms with Gasteiger partial charge in [-0.15, -0.1) is 6.58 Å². The maximum Gasteiger partial charge on any atom is 0.0543 e. The van der Waals surface area contributed by atoms with E-state index >= 15 is 0 Å². The van der Waals surface area contributed by atoms with Gasteiger partial charge in [0, 0.05) is 19.6 Å². The van der Waals surface area contributed by atoms with Gasteiger partial charge in [-0.05, 0) is 12.8 Å². The molecule has 0 fully saturated rings. The van der Waals surface area contributed by atoms with Crippen LogP contribution in [0.1, 0.15) is 26.2 Å². The van der Waals surface area contributed by atoms with E-state index in [0.717, 1.165) is 32.5 Å². The molecule has 0 heterocycles. The number of rotatable bonds is 8. The second-order valence-electron chi connectivity index (χ2n) is 3.61. The summed E-state index contributed by atoms with van der Waals surface area (Å²) < 4.78 is 10.5. The average molecular weight is 186 g/mol. The first-order valence-corrected chi connectivity index (χ1v) is 4.83. The van der Waals surface area contributed by atoms with Crippen LogP contribution in [0.5, 0.6) is 0 Å². The smallest absolute Gasteiger partial charge is 0.0543 e. The van der Waals surface area contributed by atoms with Crippen molar-refractivity contribution in [1.29, 1.82) is 0 Å². The fourth-order valence-corrected chi connectivity index (χ4v) is 1.85. The van der Waals surface area contributed by atoms with E-state index in [4.69, 9.17) is 9.47 Å². The van der Waals surface area contributed by atoms with Crippen LogP contribution in [0.25, 0.3) is 0 Å². The highest BCUT2D eigenvalue weighted by Crippen LogP contribution is 2.29. The molecule has 0 saturated carbocycles. The van der Waals surface area contributed by atoms with Crippen molar-refractivity contribution in [3.63, 3.8) is 0 Å². The molecule has 78 valence electrons. The molecular weight excluding hydrogens is 164 g/mol. The summed E-state index contributed by atoms with van der Waals surface area (Å²) in [6.07, 6.45) is 5.19. The summed E-state index contributed by atoms with van der Waals surface area (Å²) in [4.78, 5) is 0. The second-order valence-corrected chi connectivity index (χ2v) is 3.61. The van der Waals surface area contributed by atoms with Gasteiger partial charge in [0.1, 0.15) is 0 Å². The third-order valence-corrected chi connectivity index (χ3v) is 2.26. The van der Waals surface area contributed by atoms with Crippen LogP contribution < -0.4 is 0 Å². The van der Waals surface area contributed by atoms with Crippen molar-refractivity contribution in [3.8, 4) is 0 Å². The van der Waals surface area contributed by atoms with Crippen molar-refractivity contribution in [2.45, 2.75) is 26.2 Å². The molecule has 0 atom stereocenters. The van der Waals surface area contributed by atoms with E-state index in [2.05, 4.69) is 13.5 Å². The standard InChI is InChI=1S/C11H22O2/c1-5-7-11(8-6-2,9-12-3)10-13-4/h5H,1,6-10H2,2-4H3. The summed E-state index contributed by atoms with van der Waals surface area (Å²) in [5.41, 5.74) is 0.139. The fourth-order valence-electron chi connectivity index (χ4n) is 1.85. The Hall–Kier alpha value is -0.340. The van der Waals surface area contributed by atoms with Crippen LogP contribution in [0.3, 0.4) is 0 Å². The van der Waals surface area contributed by atoms with Crippen molar-refractivity contribution in [2.75, 3.05) is 27.4 Å². The molecule has 0 aromatic rings. The van der Waals surface area contributed by atoms with Crippen LogP contribution in [0.4, 0.5) is 0 Å². The number of allylic oxidation sites excluding steroid dienone is 1. The molecule has 0 aromatic heterocycles. The van der Waals surface area contributed by atoms with Gasteiger partial charge in [0.2, 0.25) is 0 Å². The lowest BCUT2D eigenvalue weighted by Crippen LogP contribution is -2.31. The lowest BCUT2D eigenvalue weighted by Gasteiger charge is -2.31. The zero-order chi connectivity index (χ0) is 10.2. The van der Waals surface area contributed by atoms with Crippen LogP contribution >= 0.6 is 0 Å². The van der Waals surface area contributed by atoms with Crippen molar-refractivity contribution in [1.82, 2.24) is 0 Å². The van der Waals surface area contributed by atoms with Crippen LogP contribution in [-0.2, 0) is 9.47 Å². The van der Waals surface area contributed by atoms with E-state index in [-0.39, 0.29) is 5.41 Å². The van der Waals surface area contributed by atoms with Gasteiger partial charge in [-0.1, -0.05) is 19.4 Å². The summed E-state index contributed by atoms with van der Waals surface area (Å²) >= 11 is 0. The van der Waals surface area contributed by atoms with Gasteiger partial charge in [0.15, 0.2) is 0 Å². The lowest BCUT2D eigenvalue weighted by atomic mass is 9.82. The Kier molecular flexibility index (Phi) is 6.92. The normalized spacial score (nSPS) is 11.6. The number of hydrogen-bond acceptors (Lipinski definition) is 2. The number of methoxy groups -OCH3 is 2. The molecule has 0 bridgehead atoms. The Morgan fingerprint density at radius 2 is 1.77 bits per heavy atom. The summed E-state index contributed by atoms with van der Waals surface area (Å²) in [7, 11) is 3.48. The fraction of sp³-hybridized carbons (Fsp3) is 0.818. The SMILES string of the molecule is C=CCC(CCC)(COC)COC. The minimum atomic E-state index is 0.139. The Bertz CT molecular complexity index is 115. The summed E-state index contributed by atoms with van der Waals surface area (Å²) in [5.74, 6) is 0. The van der Waals surface area contributed by atoms with Crippen LogP contribution in [0.2, 0.25) is 0 Å². The molecule has 2 nitrogen and oxygen atoms in total. The first kappa shape index (κ1) is 12.7. The summed E-state index contributed by atoms with van der Waals surface area (Å²) in [6.45, 7) is 7.47. The molecule has 2 heteroatoms. The lowest BCUT2D eigenvalue weighted by molar-refractivity contribution is 0.00578. The molecule has 0 radical (unpaired) electrons. The van der Waals surface area contributed by atoms with E-state index in [1.54, 1.807) is 14.2 Å². The van der Waals surface area contributed by atoms with Crippen molar-refractivity contribution in [3.05, 3.63) is 12.7 Å². The molecule has 0 aliphatic rings. The molecule has 0 unspecified atom stereocenters. The Labute approximate surface area is 81.9 Å². The zero-order valence-electron chi connectivity index (χ0n) is 9.14.